The van der Waals surface area contributed by atoms with Crippen LogP contribution in [0.15, 0.2) is 24.3 Å². The second kappa shape index (κ2) is 7.79. The number of carbonyl (C=O) groups excluding carboxylic acids is 1. The first-order valence-electron chi connectivity index (χ1n) is 8.08. The molecule has 6 nitrogen and oxygen atoms in total. The Morgan fingerprint density at radius 1 is 1.30 bits per heavy atom. The summed E-state index contributed by atoms with van der Waals surface area (Å²) in [4.78, 5) is 14.4. The van der Waals surface area contributed by atoms with Crippen LogP contribution in [0.25, 0.3) is 0 Å². The van der Waals surface area contributed by atoms with Crippen molar-refractivity contribution in [2.24, 2.45) is 5.73 Å². The Bertz CT molecular complexity index is 628. The van der Waals surface area contributed by atoms with Crippen molar-refractivity contribution >= 4 is 21.6 Å². The average Bonchev–Trinajstić information content (AvgIpc) is 2.54. The van der Waals surface area contributed by atoms with Crippen LogP contribution >= 0.6 is 0 Å². The van der Waals surface area contributed by atoms with E-state index in [-0.39, 0.29) is 17.7 Å². The summed E-state index contributed by atoms with van der Waals surface area (Å²) < 4.78 is 26.0. The van der Waals surface area contributed by atoms with Gasteiger partial charge in [-0.25, -0.2) is 8.42 Å². The second-order valence-electron chi connectivity index (χ2n) is 5.88. The Morgan fingerprint density at radius 2 is 2.00 bits per heavy atom. The Hall–Kier alpha value is -1.60. The van der Waals surface area contributed by atoms with E-state index >= 15 is 0 Å². The average molecular weight is 339 g/mol. The summed E-state index contributed by atoms with van der Waals surface area (Å²) in [5.41, 5.74) is 6.80. The fourth-order valence-electron chi connectivity index (χ4n) is 2.86. The molecule has 1 aromatic rings. The van der Waals surface area contributed by atoms with Gasteiger partial charge in [0.1, 0.15) is 0 Å². The monoisotopic (exact) mass is 339 g/mol. The Labute approximate surface area is 138 Å². The summed E-state index contributed by atoms with van der Waals surface area (Å²) in [5.74, 6) is 0.0442. The van der Waals surface area contributed by atoms with Crippen molar-refractivity contribution in [3.05, 3.63) is 29.8 Å². The standard InChI is InChI=1S/C16H25N3O3S/c1-2-11-23(21,22)18-14-8-6-13(7-9-14)16(20)19-10-4-3-5-15(19)12-17/h6-9,15,18H,2-5,10-12,17H2,1H3. The number of nitrogens with one attached hydrogen (secondary N) is 1. The van der Waals surface area contributed by atoms with Crippen molar-refractivity contribution in [3.8, 4) is 0 Å². The smallest absolute Gasteiger partial charge is 0.254 e. The van der Waals surface area contributed by atoms with E-state index in [1.54, 1.807) is 24.3 Å². The number of amides is 1. The minimum absolute atomic E-state index is 0.0388. The van der Waals surface area contributed by atoms with Gasteiger partial charge in [-0.1, -0.05) is 6.92 Å². The zero-order valence-electron chi connectivity index (χ0n) is 13.5. The molecule has 1 saturated heterocycles. The molecule has 128 valence electrons. The molecular formula is C16H25N3O3S. The van der Waals surface area contributed by atoms with E-state index in [0.717, 1.165) is 25.8 Å². The van der Waals surface area contributed by atoms with Gasteiger partial charge in [0.2, 0.25) is 10.0 Å². The molecule has 1 atom stereocenters. The number of hydrogen-bond donors (Lipinski definition) is 2. The molecule has 0 spiro atoms. The van der Waals surface area contributed by atoms with Crippen LogP contribution in [0, 0.1) is 0 Å². The molecule has 0 bridgehead atoms. The van der Waals surface area contributed by atoms with Crippen LogP contribution in [0.3, 0.4) is 0 Å². The summed E-state index contributed by atoms with van der Waals surface area (Å²) in [6.07, 6.45) is 3.60. The minimum atomic E-state index is -3.31. The molecule has 1 unspecified atom stereocenters. The summed E-state index contributed by atoms with van der Waals surface area (Å²) in [5, 5.41) is 0. The topological polar surface area (TPSA) is 92.5 Å². The van der Waals surface area contributed by atoms with Crippen molar-refractivity contribution < 1.29 is 13.2 Å². The molecule has 1 aromatic carbocycles. The van der Waals surface area contributed by atoms with Crippen molar-refractivity contribution in [2.45, 2.75) is 38.6 Å². The highest BCUT2D eigenvalue weighted by Gasteiger charge is 2.26. The highest BCUT2D eigenvalue weighted by molar-refractivity contribution is 7.92. The summed E-state index contributed by atoms with van der Waals surface area (Å²) in [7, 11) is -3.31. The summed E-state index contributed by atoms with van der Waals surface area (Å²) in [6, 6.07) is 6.67. The van der Waals surface area contributed by atoms with Gasteiger partial charge in [-0.2, -0.15) is 0 Å². The van der Waals surface area contributed by atoms with Gasteiger partial charge in [-0.3, -0.25) is 9.52 Å². The van der Waals surface area contributed by atoms with Crippen LogP contribution < -0.4 is 10.5 Å². The van der Waals surface area contributed by atoms with Crippen molar-refractivity contribution in [1.82, 2.24) is 4.90 Å². The van der Waals surface area contributed by atoms with Crippen LogP contribution in [0.4, 0.5) is 5.69 Å². The predicted octanol–water partition coefficient (Wildman–Crippen LogP) is 1.79. The first-order chi connectivity index (χ1) is 11.0. The highest BCUT2D eigenvalue weighted by atomic mass is 32.2. The largest absolute Gasteiger partial charge is 0.334 e. The maximum Gasteiger partial charge on any atom is 0.254 e. The first-order valence-corrected chi connectivity index (χ1v) is 9.73. The number of likely N-dealkylation sites (tertiary alicyclic amines) is 1. The summed E-state index contributed by atoms with van der Waals surface area (Å²) in [6.45, 7) is 3.01. The maximum atomic E-state index is 12.6. The van der Waals surface area contributed by atoms with E-state index in [0.29, 0.717) is 24.2 Å². The predicted molar refractivity (Wildman–Crippen MR) is 91.9 cm³/mol. The number of nitrogens with two attached hydrogens (primary N) is 1. The Kier molecular flexibility index (Phi) is 6.01. The normalized spacial score (nSPS) is 18.7. The van der Waals surface area contributed by atoms with Crippen molar-refractivity contribution in [1.29, 1.82) is 0 Å². The molecular weight excluding hydrogens is 314 g/mol. The number of rotatable bonds is 6. The van der Waals surface area contributed by atoms with Gasteiger partial charge in [0.15, 0.2) is 0 Å². The molecule has 1 aliphatic rings. The van der Waals surface area contributed by atoms with E-state index in [9.17, 15) is 13.2 Å². The van der Waals surface area contributed by atoms with Gasteiger partial charge < -0.3 is 10.6 Å². The molecule has 7 heteroatoms. The van der Waals surface area contributed by atoms with E-state index in [1.165, 1.54) is 0 Å². The lowest BCUT2D eigenvalue weighted by atomic mass is 10.0. The van der Waals surface area contributed by atoms with E-state index in [2.05, 4.69) is 4.72 Å². The number of benzene rings is 1. The SMILES string of the molecule is CCCS(=O)(=O)Nc1ccc(C(=O)N2CCCCC2CN)cc1. The number of anilines is 1. The fourth-order valence-corrected chi connectivity index (χ4v) is 3.99. The van der Waals surface area contributed by atoms with Gasteiger partial charge in [-0.05, 0) is 49.9 Å². The third-order valence-electron chi connectivity index (χ3n) is 4.04. The second-order valence-corrected chi connectivity index (χ2v) is 7.72. The lowest BCUT2D eigenvalue weighted by molar-refractivity contribution is 0.0623. The molecule has 0 aliphatic carbocycles. The van der Waals surface area contributed by atoms with Crippen molar-refractivity contribution in [2.75, 3.05) is 23.6 Å². The number of carbonyl (C=O) groups is 1. The van der Waals surface area contributed by atoms with Gasteiger partial charge in [0.25, 0.3) is 5.91 Å². The quantitative estimate of drug-likeness (QED) is 0.826. The van der Waals surface area contributed by atoms with E-state index in [1.807, 2.05) is 11.8 Å². The van der Waals surface area contributed by atoms with Crippen LogP contribution in [-0.2, 0) is 10.0 Å². The zero-order valence-corrected chi connectivity index (χ0v) is 14.3. The number of nitrogens with zero attached hydrogens (tertiary/aromatic N) is 1. The van der Waals surface area contributed by atoms with Crippen LogP contribution in [0.5, 0.6) is 0 Å². The fraction of sp³-hybridized carbons (Fsp3) is 0.562. The number of piperidine rings is 1. The van der Waals surface area contributed by atoms with Gasteiger partial charge in [-0.15, -0.1) is 0 Å². The number of sulfonamides is 1. The Morgan fingerprint density at radius 3 is 2.61 bits per heavy atom. The highest BCUT2D eigenvalue weighted by Crippen LogP contribution is 2.20. The third kappa shape index (κ3) is 4.68. The third-order valence-corrected chi connectivity index (χ3v) is 5.53. The van der Waals surface area contributed by atoms with Crippen LogP contribution in [0.1, 0.15) is 43.0 Å². The lowest BCUT2D eigenvalue weighted by Crippen LogP contribution is -2.47. The molecule has 1 heterocycles. The molecule has 1 amide bonds. The summed E-state index contributed by atoms with van der Waals surface area (Å²) >= 11 is 0. The van der Waals surface area contributed by atoms with E-state index in [4.69, 9.17) is 5.73 Å². The molecule has 0 saturated carbocycles. The number of hydrogen-bond acceptors (Lipinski definition) is 4. The van der Waals surface area contributed by atoms with Gasteiger partial charge in [0, 0.05) is 30.4 Å². The van der Waals surface area contributed by atoms with Crippen LogP contribution in [0.2, 0.25) is 0 Å². The molecule has 23 heavy (non-hydrogen) atoms. The first kappa shape index (κ1) is 17.7. The van der Waals surface area contributed by atoms with Gasteiger partial charge >= 0.3 is 0 Å². The molecule has 1 aliphatic heterocycles. The molecule has 0 radical (unpaired) electrons. The van der Waals surface area contributed by atoms with E-state index < -0.39 is 10.0 Å². The van der Waals surface area contributed by atoms with Gasteiger partial charge in [0.05, 0.1) is 5.75 Å². The lowest BCUT2D eigenvalue weighted by Gasteiger charge is -2.35. The Balaban J connectivity index is 2.08. The molecule has 0 aromatic heterocycles. The zero-order chi connectivity index (χ0) is 16.9. The van der Waals surface area contributed by atoms with Crippen molar-refractivity contribution in [3.63, 3.8) is 0 Å². The van der Waals surface area contributed by atoms with Crippen LogP contribution in [-0.4, -0.2) is 44.1 Å². The maximum absolute atomic E-state index is 12.6. The minimum Gasteiger partial charge on any atom is -0.334 e. The molecule has 1 fully saturated rings. The molecule has 2 rings (SSSR count). The molecule has 3 N–H and O–H groups in total.